The number of likely N-dealkylation sites (tertiary alicyclic amines) is 1. The van der Waals surface area contributed by atoms with Crippen molar-refractivity contribution < 1.29 is 0 Å². The molecule has 2 nitrogen and oxygen atoms in total. The summed E-state index contributed by atoms with van der Waals surface area (Å²) in [5.41, 5.74) is 0. The van der Waals surface area contributed by atoms with E-state index in [2.05, 4.69) is 61.0 Å². The Morgan fingerprint density at radius 3 is 2.70 bits per heavy atom. The lowest BCUT2D eigenvalue weighted by atomic mass is 10.1. The summed E-state index contributed by atoms with van der Waals surface area (Å²) in [5, 5.41) is 0. The summed E-state index contributed by atoms with van der Waals surface area (Å²) in [4.78, 5) is 6.49. The van der Waals surface area contributed by atoms with Crippen LogP contribution in [0.3, 0.4) is 0 Å². The van der Waals surface area contributed by atoms with Crippen LogP contribution < -0.4 is 0 Å². The van der Waals surface area contributed by atoms with Crippen LogP contribution in [0.4, 0.5) is 0 Å². The van der Waals surface area contributed by atoms with Gasteiger partial charge in [-0.2, -0.15) is 0 Å². The molecular formula is C17H28N2S. The molecule has 1 fully saturated rings. The average Bonchev–Trinajstić information content (AvgIpc) is 2.88. The van der Waals surface area contributed by atoms with E-state index in [0.29, 0.717) is 6.04 Å². The molecule has 0 aliphatic carbocycles. The van der Waals surface area contributed by atoms with Crippen molar-refractivity contribution in [1.82, 2.24) is 9.80 Å². The van der Waals surface area contributed by atoms with Gasteiger partial charge in [0.05, 0.1) is 0 Å². The fraction of sp³-hybridized carbons (Fsp3) is 0.647. The minimum absolute atomic E-state index is 0.707. The zero-order valence-electron chi connectivity index (χ0n) is 13.1. The Hall–Kier alpha value is -0.510. The van der Waals surface area contributed by atoms with Crippen LogP contribution in [0, 0.1) is 5.92 Å². The largest absolute Gasteiger partial charge is 0.305 e. The topological polar surface area (TPSA) is 6.48 Å². The van der Waals surface area contributed by atoms with Gasteiger partial charge in [0.15, 0.2) is 0 Å². The molecule has 1 aliphatic heterocycles. The average molecular weight is 292 g/mol. The second-order valence-corrected chi connectivity index (χ2v) is 7.34. The molecule has 2 rings (SSSR count). The second kappa shape index (κ2) is 8.06. The Bertz CT molecular complexity index is 380. The van der Waals surface area contributed by atoms with E-state index in [1.165, 1.54) is 43.2 Å². The monoisotopic (exact) mass is 292 g/mol. The van der Waals surface area contributed by atoms with Crippen molar-refractivity contribution in [2.75, 3.05) is 39.0 Å². The minimum atomic E-state index is 0.707. The molecule has 0 saturated carbocycles. The van der Waals surface area contributed by atoms with Gasteiger partial charge in [-0.1, -0.05) is 18.2 Å². The summed E-state index contributed by atoms with van der Waals surface area (Å²) in [7, 11) is 2.27. The Morgan fingerprint density at radius 2 is 2.05 bits per heavy atom. The molecule has 1 saturated heterocycles. The number of hydrogen-bond acceptors (Lipinski definition) is 3. The van der Waals surface area contributed by atoms with Crippen molar-refractivity contribution in [1.29, 1.82) is 0 Å². The van der Waals surface area contributed by atoms with E-state index in [4.69, 9.17) is 0 Å². The third-order valence-corrected chi connectivity index (χ3v) is 5.09. The zero-order chi connectivity index (χ0) is 14.4. The first kappa shape index (κ1) is 15.9. The molecule has 0 amide bonds. The molecule has 20 heavy (non-hydrogen) atoms. The predicted molar refractivity (Wildman–Crippen MR) is 89.5 cm³/mol. The first-order chi connectivity index (χ1) is 9.65. The lowest BCUT2D eigenvalue weighted by molar-refractivity contribution is 0.243. The van der Waals surface area contributed by atoms with Gasteiger partial charge in [-0.25, -0.2) is 0 Å². The van der Waals surface area contributed by atoms with Crippen molar-refractivity contribution >= 4 is 11.8 Å². The van der Waals surface area contributed by atoms with Gasteiger partial charge in [0, 0.05) is 36.3 Å². The van der Waals surface area contributed by atoms with Crippen LogP contribution in [-0.2, 0) is 0 Å². The van der Waals surface area contributed by atoms with Gasteiger partial charge in [-0.15, -0.1) is 11.8 Å². The molecule has 0 N–H and O–H groups in total. The van der Waals surface area contributed by atoms with Crippen molar-refractivity contribution in [3.63, 3.8) is 0 Å². The van der Waals surface area contributed by atoms with E-state index in [0.717, 1.165) is 5.92 Å². The number of benzene rings is 1. The van der Waals surface area contributed by atoms with Gasteiger partial charge in [0.25, 0.3) is 0 Å². The quantitative estimate of drug-likeness (QED) is 0.711. The van der Waals surface area contributed by atoms with Crippen molar-refractivity contribution in [2.24, 2.45) is 5.92 Å². The van der Waals surface area contributed by atoms with Gasteiger partial charge >= 0.3 is 0 Å². The van der Waals surface area contributed by atoms with Crippen LogP contribution in [0.5, 0.6) is 0 Å². The van der Waals surface area contributed by atoms with Crippen LogP contribution >= 0.6 is 11.8 Å². The fourth-order valence-corrected chi connectivity index (χ4v) is 3.84. The Morgan fingerprint density at radius 1 is 1.30 bits per heavy atom. The van der Waals surface area contributed by atoms with Gasteiger partial charge in [0.1, 0.15) is 0 Å². The maximum Gasteiger partial charge on any atom is 0.0108 e. The van der Waals surface area contributed by atoms with Crippen LogP contribution in [0.2, 0.25) is 0 Å². The molecule has 1 aromatic rings. The molecule has 1 unspecified atom stereocenters. The fourth-order valence-electron chi connectivity index (χ4n) is 2.85. The number of nitrogens with zero attached hydrogens (tertiary/aromatic N) is 2. The maximum absolute atomic E-state index is 2.61. The zero-order valence-corrected chi connectivity index (χ0v) is 13.9. The molecule has 1 aromatic carbocycles. The lowest BCUT2D eigenvalue weighted by Gasteiger charge is -2.23. The number of hydrogen-bond donors (Lipinski definition) is 0. The molecule has 112 valence electrons. The third-order valence-electron chi connectivity index (χ3n) is 4.10. The summed E-state index contributed by atoms with van der Waals surface area (Å²) in [6.45, 7) is 9.62. The Balaban J connectivity index is 1.62. The molecule has 0 spiro atoms. The molecule has 3 heteroatoms. The van der Waals surface area contributed by atoms with Gasteiger partial charge in [-0.3, -0.25) is 0 Å². The van der Waals surface area contributed by atoms with Gasteiger partial charge < -0.3 is 9.80 Å². The molecule has 0 bridgehead atoms. The highest BCUT2D eigenvalue weighted by molar-refractivity contribution is 7.99. The second-order valence-electron chi connectivity index (χ2n) is 6.17. The van der Waals surface area contributed by atoms with Crippen molar-refractivity contribution in [3.05, 3.63) is 30.3 Å². The van der Waals surface area contributed by atoms with E-state index in [9.17, 15) is 0 Å². The predicted octanol–water partition coefficient (Wildman–Crippen LogP) is 3.44. The van der Waals surface area contributed by atoms with Gasteiger partial charge in [-0.05, 0) is 51.9 Å². The highest BCUT2D eigenvalue weighted by Crippen LogP contribution is 2.20. The lowest BCUT2D eigenvalue weighted by Crippen LogP contribution is -2.32. The van der Waals surface area contributed by atoms with E-state index in [1.54, 1.807) is 0 Å². The Labute approximate surface area is 128 Å². The molecule has 1 aliphatic rings. The number of thioether (sulfide) groups is 1. The van der Waals surface area contributed by atoms with E-state index in [-0.39, 0.29) is 0 Å². The van der Waals surface area contributed by atoms with Crippen molar-refractivity contribution in [3.8, 4) is 0 Å². The number of rotatable bonds is 7. The molecule has 1 atom stereocenters. The molecular weight excluding hydrogens is 264 g/mol. The Kier molecular flexibility index (Phi) is 6.40. The van der Waals surface area contributed by atoms with Crippen molar-refractivity contribution in [2.45, 2.75) is 31.2 Å². The SMILES string of the molecule is CC(C)N1CCC(CN(C)CCSc2ccccc2)C1. The molecule has 1 heterocycles. The summed E-state index contributed by atoms with van der Waals surface area (Å²) < 4.78 is 0. The van der Waals surface area contributed by atoms with Crippen LogP contribution in [0.1, 0.15) is 20.3 Å². The molecule has 0 radical (unpaired) electrons. The van der Waals surface area contributed by atoms with E-state index >= 15 is 0 Å². The van der Waals surface area contributed by atoms with E-state index in [1.807, 2.05) is 11.8 Å². The van der Waals surface area contributed by atoms with Crippen LogP contribution in [0.15, 0.2) is 35.2 Å². The van der Waals surface area contributed by atoms with Gasteiger partial charge in [0.2, 0.25) is 0 Å². The third kappa shape index (κ3) is 5.12. The first-order valence-corrected chi connectivity index (χ1v) is 8.74. The summed E-state index contributed by atoms with van der Waals surface area (Å²) in [6, 6.07) is 11.4. The molecule has 0 aromatic heterocycles. The smallest absolute Gasteiger partial charge is 0.0108 e. The standard InChI is InChI=1S/C17H28N2S/c1-15(2)19-10-9-16(14-19)13-18(3)11-12-20-17-7-5-4-6-8-17/h4-8,15-16H,9-14H2,1-3H3. The first-order valence-electron chi connectivity index (χ1n) is 7.75. The summed E-state index contributed by atoms with van der Waals surface area (Å²) in [6.07, 6.45) is 1.37. The maximum atomic E-state index is 2.61. The normalized spacial score (nSPS) is 20.1. The summed E-state index contributed by atoms with van der Waals surface area (Å²) in [5.74, 6) is 2.05. The highest BCUT2D eigenvalue weighted by Gasteiger charge is 2.24. The van der Waals surface area contributed by atoms with Crippen LogP contribution in [-0.4, -0.2) is 54.8 Å². The minimum Gasteiger partial charge on any atom is -0.305 e. The highest BCUT2D eigenvalue weighted by atomic mass is 32.2. The van der Waals surface area contributed by atoms with Crippen LogP contribution in [0.25, 0.3) is 0 Å². The summed E-state index contributed by atoms with van der Waals surface area (Å²) >= 11 is 1.96. The van der Waals surface area contributed by atoms with E-state index < -0.39 is 0 Å².